The molecule has 0 aromatic carbocycles. The lowest BCUT2D eigenvalue weighted by molar-refractivity contribution is 0.551. The van der Waals surface area contributed by atoms with Crippen LogP contribution in [-0.2, 0) is 11.8 Å². The Hall–Kier alpha value is -0.990. The van der Waals surface area contributed by atoms with Gasteiger partial charge in [0.1, 0.15) is 11.6 Å². The SMILES string of the molecule is CC(C)(C)c1nc2c([nH]1)CCCN2. The number of hydrogen-bond acceptors (Lipinski definition) is 2. The molecule has 0 aliphatic carbocycles. The van der Waals surface area contributed by atoms with E-state index in [1.807, 2.05) is 0 Å². The lowest BCUT2D eigenvalue weighted by atomic mass is 9.96. The predicted molar refractivity (Wildman–Crippen MR) is 54.1 cm³/mol. The highest BCUT2D eigenvalue weighted by Crippen LogP contribution is 2.25. The van der Waals surface area contributed by atoms with E-state index in [2.05, 4.69) is 36.1 Å². The van der Waals surface area contributed by atoms with Crippen LogP contribution < -0.4 is 5.32 Å². The molecule has 0 fully saturated rings. The van der Waals surface area contributed by atoms with Crippen molar-refractivity contribution in [2.75, 3.05) is 11.9 Å². The Bertz CT molecular complexity index is 283. The Kier molecular flexibility index (Phi) is 1.82. The largest absolute Gasteiger partial charge is 0.369 e. The maximum Gasteiger partial charge on any atom is 0.147 e. The third-order valence-corrected chi connectivity index (χ3v) is 2.39. The van der Waals surface area contributed by atoms with Gasteiger partial charge in [0, 0.05) is 12.0 Å². The third-order valence-electron chi connectivity index (χ3n) is 2.39. The minimum absolute atomic E-state index is 0.124. The minimum atomic E-state index is 0.124. The Morgan fingerprint density at radius 3 is 2.69 bits per heavy atom. The van der Waals surface area contributed by atoms with E-state index >= 15 is 0 Å². The lowest BCUT2D eigenvalue weighted by Gasteiger charge is -2.13. The van der Waals surface area contributed by atoms with Gasteiger partial charge in [-0.25, -0.2) is 4.98 Å². The molecule has 3 nitrogen and oxygen atoms in total. The van der Waals surface area contributed by atoms with Gasteiger partial charge in [0.2, 0.25) is 0 Å². The molecule has 13 heavy (non-hydrogen) atoms. The minimum Gasteiger partial charge on any atom is -0.369 e. The molecule has 2 N–H and O–H groups in total. The van der Waals surface area contributed by atoms with Crippen molar-refractivity contribution in [2.45, 2.75) is 39.0 Å². The zero-order chi connectivity index (χ0) is 9.47. The van der Waals surface area contributed by atoms with E-state index in [-0.39, 0.29) is 5.41 Å². The number of aromatic amines is 1. The molecule has 0 atom stereocenters. The first-order valence-electron chi connectivity index (χ1n) is 4.90. The maximum absolute atomic E-state index is 4.56. The number of imidazole rings is 1. The summed E-state index contributed by atoms with van der Waals surface area (Å²) >= 11 is 0. The van der Waals surface area contributed by atoms with Crippen LogP contribution in [0.5, 0.6) is 0 Å². The van der Waals surface area contributed by atoms with Crippen molar-refractivity contribution in [1.82, 2.24) is 9.97 Å². The lowest BCUT2D eigenvalue weighted by Crippen LogP contribution is -2.13. The molecule has 0 spiro atoms. The summed E-state index contributed by atoms with van der Waals surface area (Å²) in [6.45, 7) is 7.59. The Labute approximate surface area is 79.0 Å². The van der Waals surface area contributed by atoms with Gasteiger partial charge >= 0.3 is 0 Å². The van der Waals surface area contributed by atoms with Crippen LogP contribution in [0.1, 0.15) is 38.7 Å². The first kappa shape index (κ1) is 8.60. The van der Waals surface area contributed by atoms with Crippen LogP contribution in [0.3, 0.4) is 0 Å². The smallest absolute Gasteiger partial charge is 0.147 e. The van der Waals surface area contributed by atoms with Crippen molar-refractivity contribution >= 4 is 5.82 Å². The van der Waals surface area contributed by atoms with Gasteiger partial charge in [-0.3, -0.25) is 0 Å². The standard InChI is InChI=1S/C10H17N3/c1-10(2,3)9-12-7-5-4-6-11-8(7)13-9/h11H,4-6H2,1-3H3,(H,12,13). The highest BCUT2D eigenvalue weighted by Gasteiger charge is 2.21. The Balaban J connectivity index is 2.36. The number of hydrogen-bond donors (Lipinski definition) is 2. The second-order valence-corrected chi connectivity index (χ2v) is 4.69. The van der Waals surface area contributed by atoms with Gasteiger partial charge in [-0.05, 0) is 12.8 Å². The molecule has 0 amide bonds. The molecular weight excluding hydrogens is 162 g/mol. The molecule has 0 saturated heterocycles. The highest BCUT2D eigenvalue weighted by atomic mass is 15.1. The van der Waals surface area contributed by atoms with Gasteiger partial charge in [0.05, 0.1) is 5.69 Å². The molecule has 0 unspecified atom stereocenters. The van der Waals surface area contributed by atoms with Crippen LogP contribution in [0.25, 0.3) is 0 Å². The molecule has 72 valence electrons. The number of H-pyrrole nitrogens is 1. The molecule has 0 radical (unpaired) electrons. The zero-order valence-corrected chi connectivity index (χ0v) is 8.57. The van der Waals surface area contributed by atoms with Crippen molar-refractivity contribution in [3.8, 4) is 0 Å². The van der Waals surface area contributed by atoms with Crippen LogP contribution in [0.2, 0.25) is 0 Å². The van der Waals surface area contributed by atoms with Crippen LogP contribution in [0.15, 0.2) is 0 Å². The zero-order valence-electron chi connectivity index (χ0n) is 8.57. The molecule has 2 heterocycles. The molecule has 0 bridgehead atoms. The summed E-state index contributed by atoms with van der Waals surface area (Å²) in [5.74, 6) is 2.16. The van der Waals surface area contributed by atoms with Crippen molar-refractivity contribution in [2.24, 2.45) is 0 Å². The summed E-state index contributed by atoms with van der Waals surface area (Å²) in [5, 5.41) is 3.31. The summed E-state index contributed by atoms with van der Waals surface area (Å²) in [4.78, 5) is 7.96. The van der Waals surface area contributed by atoms with E-state index in [4.69, 9.17) is 0 Å². The van der Waals surface area contributed by atoms with E-state index in [0.29, 0.717) is 0 Å². The fourth-order valence-corrected chi connectivity index (χ4v) is 1.56. The van der Waals surface area contributed by atoms with Crippen molar-refractivity contribution in [1.29, 1.82) is 0 Å². The van der Waals surface area contributed by atoms with Gasteiger partial charge in [-0.2, -0.15) is 0 Å². The second-order valence-electron chi connectivity index (χ2n) is 4.69. The molecule has 1 aromatic rings. The number of nitrogens with one attached hydrogen (secondary N) is 2. The quantitative estimate of drug-likeness (QED) is 0.640. The Morgan fingerprint density at radius 2 is 2.08 bits per heavy atom. The summed E-state index contributed by atoms with van der Waals surface area (Å²) in [7, 11) is 0. The molecule has 0 saturated carbocycles. The second kappa shape index (κ2) is 2.76. The number of aryl methyl sites for hydroxylation is 1. The van der Waals surface area contributed by atoms with Gasteiger partial charge < -0.3 is 10.3 Å². The summed E-state index contributed by atoms with van der Waals surface area (Å²) in [5.41, 5.74) is 1.40. The maximum atomic E-state index is 4.56. The normalized spacial score (nSPS) is 16.5. The topological polar surface area (TPSA) is 40.7 Å². The first-order chi connectivity index (χ1) is 6.07. The average Bonchev–Trinajstić information content (AvgIpc) is 2.45. The monoisotopic (exact) mass is 179 g/mol. The summed E-state index contributed by atoms with van der Waals surface area (Å²) < 4.78 is 0. The van der Waals surface area contributed by atoms with E-state index in [9.17, 15) is 0 Å². The average molecular weight is 179 g/mol. The van der Waals surface area contributed by atoms with Crippen molar-refractivity contribution in [3.63, 3.8) is 0 Å². The third kappa shape index (κ3) is 1.55. The van der Waals surface area contributed by atoms with Crippen LogP contribution in [0.4, 0.5) is 5.82 Å². The van der Waals surface area contributed by atoms with Gasteiger partial charge in [-0.15, -0.1) is 0 Å². The van der Waals surface area contributed by atoms with Crippen LogP contribution in [0, 0.1) is 0 Å². The number of fused-ring (bicyclic) bond motifs is 1. The van der Waals surface area contributed by atoms with E-state index in [0.717, 1.165) is 24.6 Å². The molecular formula is C10H17N3. The predicted octanol–water partition coefficient (Wildman–Crippen LogP) is 2.07. The molecule has 1 aromatic heterocycles. The van der Waals surface area contributed by atoms with Crippen LogP contribution in [-0.4, -0.2) is 16.5 Å². The first-order valence-corrected chi connectivity index (χ1v) is 4.90. The number of nitrogens with zero attached hydrogens (tertiary/aromatic N) is 1. The van der Waals surface area contributed by atoms with E-state index in [1.165, 1.54) is 12.1 Å². The van der Waals surface area contributed by atoms with Crippen LogP contribution >= 0.6 is 0 Å². The van der Waals surface area contributed by atoms with Crippen molar-refractivity contribution in [3.05, 3.63) is 11.5 Å². The fraction of sp³-hybridized carbons (Fsp3) is 0.700. The van der Waals surface area contributed by atoms with Gasteiger partial charge in [0.15, 0.2) is 0 Å². The summed E-state index contributed by atoms with van der Waals surface area (Å²) in [6, 6.07) is 0. The molecule has 2 rings (SSSR count). The fourth-order valence-electron chi connectivity index (χ4n) is 1.56. The molecule has 3 heteroatoms. The molecule has 1 aliphatic heterocycles. The Morgan fingerprint density at radius 1 is 1.31 bits per heavy atom. The van der Waals surface area contributed by atoms with Gasteiger partial charge in [-0.1, -0.05) is 20.8 Å². The number of rotatable bonds is 0. The summed E-state index contributed by atoms with van der Waals surface area (Å²) in [6.07, 6.45) is 2.34. The number of aromatic nitrogens is 2. The number of anilines is 1. The van der Waals surface area contributed by atoms with E-state index < -0.39 is 0 Å². The van der Waals surface area contributed by atoms with Gasteiger partial charge in [0.25, 0.3) is 0 Å². The highest BCUT2D eigenvalue weighted by molar-refractivity contribution is 5.44. The van der Waals surface area contributed by atoms with E-state index in [1.54, 1.807) is 0 Å². The molecule has 1 aliphatic rings. The van der Waals surface area contributed by atoms with Crippen molar-refractivity contribution < 1.29 is 0 Å².